The molecule has 0 aliphatic heterocycles. The first-order valence-corrected chi connectivity index (χ1v) is 9.23. The van der Waals surface area contributed by atoms with Gasteiger partial charge in [-0.2, -0.15) is 5.10 Å². The molecule has 2 aromatic rings. The Morgan fingerprint density at radius 1 is 1.25 bits per heavy atom. The van der Waals surface area contributed by atoms with Crippen LogP contribution in [0.1, 0.15) is 40.5 Å². The van der Waals surface area contributed by atoms with Crippen molar-refractivity contribution in [2.75, 3.05) is 13.6 Å². The summed E-state index contributed by atoms with van der Waals surface area (Å²) >= 11 is 1.75. The largest absolute Gasteiger partial charge is 0.356 e. The van der Waals surface area contributed by atoms with E-state index in [-0.39, 0.29) is 0 Å². The Hall–Kier alpha value is -1.89. The van der Waals surface area contributed by atoms with Gasteiger partial charge in [-0.3, -0.25) is 9.67 Å². The molecule has 0 aliphatic rings. The predicted molar refractivity (Wildman–Crippen MR) is 101 cm³/mol. The molecule has 0 aliphatic carbocycles. The molecule has 6 nitrogen and oxygen atoms in total. The average molecular weight is 349 g/mol. The van der Waals surface area contributed by atoms with Crippen molar-refractivity contribution in [3.63, 3.8) is 0 Å². The maximum atomic E-state index is 4.50. The Morgan fingerprint density at radius 3 is 2.62 bits per heavy atom. The van der Waals surface area contributed by atoms with E-state index in [0.29, 0.717) is 0 Å². The number of unbranched alkanes of at least 4 members (excludes halogenated alkanes) is 1. The smallest absolute Gasteiger partial charge is 0.191 e. The monoisotopic (exact) mass is 348 g/mol. The number of nitrogens with zero attached hydrogens (tertiary/aromatic N) is 4. The first kappa shape index (κ1) is 18.4. The SMILES string of the molecule is CN=C(NCCCCc1nc(C)cs1)NCc1c(C)nn(C)c1C. The summed E-state index contributed by atoms with van der Waals surface area (Å²) in [6.07, 6.45) is 3.29. The lowest BCUT2D eigenvalue weighted by atomic mass is 10.2. The number of rotatable bonds is 7. The molecule has 2 rings (SSSR count). The molecule has 132 valence electrons. The van der Waals surface area contributed by atoms with Crippen LogP contribution >= 0.6 is 11.3 Å². The molecule has 0 radical (unpaired) electrons. The van der Waals surface area contributed by atoms with Crippen molar-refractivity contribution in [3.05, 3.63) is 33.0 Å². The van der Waals surface area contributed by atoms with Crippen LogP contribution in [0.3, 0.4) is 0 Å². The normalized spacial score (nSPS) is 11.8. The Balaban J connectivity index is 1.69. The second kappa shape index (κ2) is 8.82. The van der Waals surface area contributed by atoms with Gasteiger partial charge in [-0.25, -0.2) is 4.98 Å². The van der Waals surface area contributed by atoms with Gasteiger partial charge in [0, 0.05) is 49.5 Å². The highest BCUT2D eigenvalue weighted by molar-refractivity contribution is 7.09. The van der Waals surface area contributed by atoms with E-state index >= 15 is 0 Å². The zero-order valence-electron chi connectivity index (χ0n) is 15.3. The van der Waals surface area contributed by atoms with Crippen LogP contribution in [0.2, 0.25) is 0 Å². The summed E-state index contributed by atoms with van der Waals surface area (Å²) < 4.78 is 1.92. The van der Waals surface area contributed by atoms with Gasteiger partial charge in [-0.1, -0.05) is 0 Å². The molecular weight excluding hydrogens is 320 g/mol. The number of hydrogen-bond acceptors (Lipinski definition) is 4. The highest BCUT2D eigenvalue weighted by Gasteiger charge is 2.09. The molecule has 24 heavy (non-hydrogen) atoms. The molecule has 0 spiro atoms. The molecule has 0 amide bonds. The van der Waals surface area contributed by atoms with E-state index in [4.69, 9.17) is 0 Å². The maximum absolute atomic E-state index is 4.50. The summed E-state index contributed by atoms with van der Waals surface area (Å²) in [7, 11) is 3.78. The lowest BCUT2D eigenvalue weighted by Gasteiger charge is -2.12. The fraction of sp³-hybridized carbons (Fsp3) is 0.588. The second-order valence-electron chi connectivity index (χ2n) is 5.97. The van der Waals surface area contributed by atoms with Crippen molar-refractivity contribution in [1.82, 2.24) is 25.4 Å². The van der Waals surface area contributed by atoms with Gasteiger partial charge in [0.15, 0.2) is 5.96 Å². The van der Waals surface area contributed by atoms with Crippen molar-refractivity contribution >= 4 is 17.3 Å². The van der Waals surface area contributed by atoms with E-state index in [1.807, 2.05) is 25.6 Å². The molecule has 0 atom stereocenters. The lowest BCUT2D eigenvalue weighted by molar-refractivity contribution is 0.691. The molecular formula is C17H28N6S. The van der Waals surface area contributed by atoms with Crippen LogP contribution in [-0.4, -0.2) is 34.3 Å². The van der Waals surface area contributed by atoms with Gasteiger partial charge < -0.3 is 10.6 Å². The average Bonchev–Trinajstić information content (AvgIpc) is 3.07. The standard InChI is InChI=1S/C17H28N6S/c1-12-11-24-16(21-12)8-6-7-9-19-17(18-4)20-10-15-13(2)22-23(5)14(15)3/h11H,6-10H2,1-5H3,(H2,18,19,20). The zero-order chi connectivity index (χ0) is 17.5. The van der Waals surface area contributed by atoms with Gasteiger partial charge >= 0.3 is 0 Å². The van der Waals surface area contributed by atoms with E-state index in [1.54, 1.807) is 18.4 Å². The summed E-state index contributed by atoms with van der Waals surface area (Å²) in [6.45, 7) is 7.83. The van der Waals surface area contributed by atoms with E-state index in [1.165, 1.54) is 16.3 Å². The molecule has 2 N–H and O–H groups in total. The van der Waals surface area contributed by atoms with E-state index in [9.17, 15) is 0 Å². The van der Waals surface area contributed by atoms with E-state index < -0.39 is 0 Å². The fourth-order valence-corrected chi connectivity index (χ4v) is 3.41. The van der Waals surface area contributed by atoms with Gasteiger partial charge in [0.2, 0.25) is 0 Å². The van der Waals surface area contributed by atoms with E-state index in [2.05, 4.69) is 38.0 Å². The molecule has 2 heterocycles. The maximum Gasteiger partial charge on any atom is 0.191 e. The van der Waals surface area contributed by atoms with Crippen molar-refractivity contribution in [2.45, 2.75) is 46.6 Å². The summed E-state index contributed by atoms with van der Waals surface area (Å²) in [5.74, 6) is 0.836. The van der Waals surface area contributed by atoms with Crippen LogP contribution < -0.4 is 10.6 Å². The number of thiazole rings is 1. The molecule has 0 bridgehead atoms. The summed E-state index contributed by atoms with van der Waals surface area (Å²) in [6, 6.07) is 0. The number of nitrogens with one attached hydrogen (secondary N) is 2. The Labute approximate surface area is 148 Å². The number of aromatic nitrogens is 3. The van der Waals surface area contributed by atoms with Crippen molar-refractivity contribution in [3.8, 4) is 0 Å². The summed E-state index contributed by atoms with van der Waals surface area (Å²) in [5.41, 5.74) is 4.61. The molecule has 7 heteroatoms. The van der Waals surface area contributed by atoms with Gasteiger partial charge in [0.25, 0.3) is 0 Å². The number of guanidine groups is 1. The fourth-order valence-electron chi connectivity index (χ4n) is 2.59. The second-order valence-corrected chi connectivity index (χ2v) is 6.91. The first-order chi connectivity index (χ1) is 11.5. The summed E-state index contributed by atoms with van der Waals surface area (Å²) in [5, 5.41) is 14.5. The van der Waals surface area contributed by atoms with Gasteiger partial charge in [-0.05, 0) is 40.0 Å². The van der Waals surface area contributed by atoms with Crippen LogP contribution in [0, 0.1) is 20.8 Å². The molecule has 0 fully saturated rings. The highest BCUT2D eigenvalue weighted by atomic mass is 32.1. The number of aryl methyl sites for hydroxylation is 4. The van der Waals surface area contributed by atoms with E-state index in [0.717, 1.165) is 49.7 Å². The van der Waals surface area contributed by atoms with Gasteiger partial charge in [-0.15, -0.1) is 11.3 Å². The first-order valence-electron chi connectivity index (χ1n) is 8.36. The Morgan fingerprint density at radius 2 is 2.04 bits per heavy atom. The molecule has 0 aromatic carbocycles. The van der Waals surface area contributed by atoms with Crippen molar-refractivity contribution < 1.29 is 0 Å². The summed E-state index contributed by atoms with van der Waals surface area (Å²) in [4.78, 5) is 8.78. The van der Waals surface area contributed by atoms with Crippen molar-refractivity contribution in [2.24, 2.45) is 12.0 Å². The topological polar surface area (TPSA) is 67.1 Å². The predicted octanol–water partition coefficient (Wildman–Crippen LogP) is 2.49. The third-order valence-corrected chi connectivity index (χ3v) is 5.12. The van der Waals surface area contributed by atoms with Gasteiger partial charge in [0.1, 0.15) is 0 Å². The quantitative estimate of drug-likeness (QED) is 0.458. The van der Waals surface area contributed by atoms with Crippen molar-refractivity contribution in [1.29, 1.82) is 0 Å². The minimum atomic E-state index is 0.740. The zero-order valence-corrected chi connectivity index (χ0v) is 16.1. The molecule has 0 saturated carbocycles. The number of aliphatic imine (C=N–C) groups is 1. The lowest BCUT2D eigenvalue weighted by Crippen LogP contribution is -2.37. The minimum absolute atomic E-state index is 0.740. The third kappa shape index (κ3) is 5.06. The number of hydrogen-bond donors (Lipinski definition) is 2. The van der Waals surface area contributed by atoms with Gasteiger partial charge in [0.05, 0.1) is 10.7 Å². The van der Waals surface area contributed by atoms with Crippen LogP contribution in [0.15, 0.2) is 10.4 Å². The third-order valence-electron chi connectivity index (χ3n) is 4.09. The molecule has 0 saturated heterocycles. The van der Waals surface area contributed by atoms with Crippen LogP contribution in [0.25, 0.3) is 0 Å². The van der Waals surface area contributed by atoms with Crippen LogP contribution in [0.4, 0.5) is 0 Å². The Bertz CT molecular complexity index is 685. The van der Waals surface area contributed by atoms with Crippen LogP contribution in [0.5, 0.6) is 0 Å². The minimum Gasteiger partial charge on any atom is -0.356 e. The molecule has 0 unspecified atom stereocenters. The molecule has 2 aromatic heterocycles. The Kier molecular flexibility index (Phi) is 6.78. The highest BCUT2D eigenvalue weighted by Crippen LogP contribution is 2.12. The van der Waals surface area contributed by atoms with Crippen LogP contribution in [-0.2, 0) is 20.0 Å².